The summed E-state index contributed by atoms with van der Waals surface area (Å²) >= 11 is 0. The third-order valence-corrected chi connectivity index (χ3v) is 4.93. The van der Waals surface area contributed by atoms with Crippen molar-refractivity contribution in [3.8, 4) is 0 Å². The predicted molar refractivity (Wildman–Crippen MR) is 89.4 cm³/mol. The first-order chi connectivity index (χ1) is 11.1. The Hall–Kier alpha value is -2.63. The number of amides is 1. The van der Waals surface area contributed by atoms with Gasteiger partial charge in [-0.3, -0.25) is 4.79 Å². The number of hydrogen-bond acceptors (Lipinski definition) is 5. The molecule has 1 amide bonds. The molecule has 2 N–H and O–H groups in total. The second-order valence-electron chi connectivity index (χ2n) is 6.27. The van der Waals surface area contributed by atoms with Gasteiger partial charge >= 0.3 is 0 Å². The number of aromatic nitrogens is 2. The fraction of sp³-hybridized carbons (Fsp3) is 0.353. The van der Waals surface area contributed by atoms with Crippen molar-refractivity contribution >= 4 is 23.4 Å². The molecule has 23 heavy (non-hydrogen) atoms. The summed E-state index contributed by atoms with van der Waals surface area (Å²) in [6, 6.07) is 9.73. The Labute approximate surface area is 134 Å². The molecule has 1 atom stereocenters. The Morgan fingerprint density at radius 1 is 1.26 bits per heavy atom. The van der Waals surface area contributed by atoms with E-state index >= 15 is 0 Å². The lowest BCUT2D eigenvalue weighted by Crippen LogP contribution is -2.52. The maximum Gasteiger partial charge on any atom is 0.239 e. The standard InChI is InChI=1S/C17H19N5O/c1-21-13-6-3-2-5-12(13)17(15(21)23)8-4-10-22(11-17)16-19-9-7-14(18)20-16/h2-3,5-7,9H,4,8,10-11H2,1H3,(H2,18,19,20)/t17-/m0/s1. The number of carbonyl (C=O) groups excluding carboxylic acids is 1. The Morgan fingerprint density at radius 3 is 2.91 bits per heavy atom. The van der Waals surface area contributed by atoms with Crippen LogP contribution in [-0.4, -0.2) is 36.0 Å². The highest BCUT2D eigenvalue weighted by molar-refractivity contribution is 6.08. The average molecular weight is 309 g/mol. The molecule has 0 bridgehead atoms. The number of hydrogen-bond donors (Lipinski definition) is 1. The van der Waals surface area contributed by atoms with Crippen LogP contribution in [0.1, 0.15) is 18.4 Å². The lowest BCUT2D eigenvalue weighted by Gasteiger charge is -2.39. The predicted octanol–water partition coefficient (Wildman–Crippen LogP) is 1.57. The summed E-state index contributed by atoms with van der Waals surface area (Å²) in [6.45, 7) is 1.43. The molecule has 2 aromatic rings. The van der Waals surface area contributed by atoms with Gasteiger partial charge in [0, 0.05) is 32.0 Å². The Balaban J connectivity index is 1.76. The average Bonchev–Trinajstić information content (AvgIpc) is 2.78. The van der Waals surface area contributed by atoms with Gasteiger partial charge in [-0.15, -0.1) is 0 Å². The minimum Gasteiger partial charge on any atom is -0.384 e. The number of likely N-dealkylation sites (N-methyl/N-ethyl adjacent to an activating group) is 1. The smallest absolute Gasteiger partial charge is 0.239 e. The number of fused-ring (bicyclic) bond motifs is 2. The van der Waals surface area contributed by atoms with E-state index in [-0.39, 0.29) is 5.91 Å². The summed E-state index contributed by atoms with van der Waals surface area (Å²) in [5.41, 5.74) is 7.40. The second-order valence-corrected chi connectivity index (χ2v) is 6.27. The summed E-state index contributed by atoms with van der Waals surface area (Å²) in [4.78, 5) is 25.5. The van der Waals surface area contributed by atoms with E-state index in [4.69, 9.17) is 5.73 Å². The van der Waals surface area contributed by atoms with E-state index in [1.807, 2.05) is 25.2 Å². The van der Waals surface area contributed by atoms with Gasteiger partial charge in [0.05, 0.1) is 5.41 Å². The van der Waals surface area contributed by atoms with Gasteiger partial charge in [-0.25, -0.2) is 4.98 Å². The van der Waals surface area contributed by atoms with Crippen molar-refractivity contribution in [1.29, 1.82) is 0 Å². The highest BCUT2D eigenvalue weighted by Crippen LogP contribution is 2.46. The summed E-state index contributed by atoms with van der Waals surface area (Å²) in [6.07, 6.45) is 3.44. The summed E-state index contributed by atoms with van der Waals surface area (Å²) in [7, 11) is 1.85. The van der Waals surface area contributed by atoms with Gasteiger partial charge in [0.25, 0.3) is 0 Å². The van der Waals surface area contributed by atoms with Crippen LogP contribution < -0.4 is 15.5 Å². The van der Waals surface area contributed by atoms with Gasteiger partial charge < -0.3 is 15.5 Å². The van der Waals surface area contributed by atoms with Crippen molar-refractivity contribution in [2.45, 2.75) is 18.3 Å². The molecule has 2 aliphatic rings. The fourth-order valence-electron chi connectivity index (χ4n) is 3.85. The molecule has 0 aliphatic carbocycles. The maximum atomic E-state index is 13.0. The molecule has 1 aromatic heterocycles. The molecule has 1 aromatic carbocycles. The number of anilines is 3. The molecule has 6 heteroatoms. The Bertz CT molecular complexity index is 777. The number of nitrogen functional groups attached to an aromatic ring is 1. The van der Waals surface area contributed by atoms with Crippen LogP contribution in [0.15, 0.2) is 36.5 Å². The summed E-state index contributed by atoms with van der Waals surface area (Å²) in [5, 5.41) is 0. The van der Waals surface area contributed by atoms with Gasteiger partial charge in [0.1, 0.15) is 5.82 Å². The van der Waals surface area contributed by atoms with Gasteiger partial charge in [0.15, 0.2) is 0 Å². The summed E-state index contributed by atoms with van der Waals surface area (Å²) < 4.78 is 0. The van der Waals surface area contributed by atoms with Crippen LogP contribution in [-0.2, 0) is 10.2 Å². The molecule has 4 rings (SSSR count). The molecule has 0 saturated carbocycles. The van der Waals surface area contributed by atoms with Crippen molar-refractivity contribution in [3.63, 3.8) is 0 Å². The highest BCUT2D eigenvalue weighted by Gasteiger charge is 2.51. The van der Waals surface area contributed by atoms with Crippen LogP contribution in [0.3, 0.4) is 0 Å². The van der Waals surface area contributed by atoms with E-state index in [1.54, 1.807) is 17.2 Å². The maximum absolute atomic E-state index is 13.0. The molecule has 2 aliphatic heterocycles. The molecule has 1 saturated heterocycles. The van der Waals surface area contributed by atoms with Crippen molar-refractivity contribution in [1.82, 2.24) is 9.97 Å². The first-order valence-electron chi connectivity index (χ1n) is 7.83. The van der Waals surface area contributed by atoms with Gasteiger partial charge in [0.2, 0.25) is 11.9 Å². The first kappa shape index (κ1) is 14.0. The zero-order valence-electron chi connectivity index (χ0n) is 13.1. The number of carbonyl (C=O) groups is 1. The number of rotatable bonds is 1. The lowest BCUT2D eigenvalue weighted by atomic mass is 9.75. The van der Waals surface area contributed by atoms with Crippen molar-refractivity contribution in [2.24, 2.45) is 0 Å². The number of nitrogens with zero attached hydrogens (tertiary/aromatic N) is 4. The largest absolute Gasteiger partial charge is 0.384 e. The highest BCUT2D eigenvalue weighted by atomic mass is 16.2. The van der Waals surface area contributed by atoms with Crippen LogP contribution in [0.5, 0.6) is 0 Å². The van der Waals surface area contributed by atoms with Crippen molar-refractivity contribution in [2.75, 3.05) is 35.7 Å². The van der Waals surface area contributed by atoms with Gasteiger partial charge in [-0.05, 0) is 30.5 Å². The van der Waals surface area contributed by atoms with Crippen LogP contribution in [0, 0.1) is 0 Å². The van der Waals surface area contributed by atoms with E-state index in [2.05, 4.69) is 20.9 Å². The van der Waals surface area contributed by atoms with E-state index in [0.717, 1.165) is 30.6 Å². The SMILES string of the molecule is CN1C(=O)[C@]2(CCCN(c3nccc(N)n3)C2)c2ccccc21. The summed E-state index contributed by atoms with van der Waals surface area (Å²) in [5.74, 6) is 1.21. The topological polar surface area (TPSA) is 75.4 Å². The number of benzene rings is 1. The third-order valence-electron chi connectivity index (χ3n) is 4.93. The first-order valence-corrected chi connectivity index (χ1v) is 7.83. The lowest BCUT2D eigenvalue weighted by molar-refractivity contribution is -0.123. The minimum atomic E-state index is -0.502. The fourth-order valence-corrected chi connectivity index (χ4v) is 3.85. The Kier molecular flexibility index (Phi) is 3.01. The minimum absolute atomic E-state index is 0.160. The van der Waals surface area contributed by atoms with Gasteiger partial charge in [-0.1, -0.05) is 18.2 Å². The van der Waals surface area contributed by atoms with E-state index in [9.17, 15) is 4.79 Å². The monoisotopic (exact) mass is 309 g/mol. The number of piperidine rings is 1. The van der Waals surface area contributed by atoms with Crippen molar-refractivity contribution < 1.29 is 4.79 Å². The molecular formula is C17H19N5O. The molecule has 1 fully saturated rings. The zero-order valence-corrected chi connectivity index (χ0v) is 13.1. The molecule has 0 radical (unpaired) electrons. The van der Waals surface area contributed by atoms with E-state index < -0.39 is 5.41 Å². The van der Waals surface area contributed by atoms with Crippen LogP contribution >= 0.6 is 0 Å². The molecule has 1 spiro atoms. The van der Waals surface area contributed by atoms with E-state index in [0.29, 0.717) is 18.3 Å². The number of para-hydroxylation sites is 1. The Morgan fingerprint density at radius 2 is 2.09 bits per heavy atom. The van der Waals surface area contributed by atoms with E-state index in [1.165, 1.54) is 0 Å². The quantitative estimate of drug-likeness (QED) is 0.865. The molecule has 6 nitrogen and oxygen atoms in total. The molecule has 3 heterocycles. The molecule has 0 unspecified atom stereocenters. The van der Waals surface area contributed by atoms with Gasteiger partial charge in [-0.2, -0.15) is 4.98 Å². The molecular weight excluding hydrogens is 290 g/mol. The normalized spacial score (nSPS) is 23.4. The second kappa shape index (κ2) is 4.94. The van der Waals surface area contributed by atoms with Crippen LogP contribution in [0.2, 0.25) is 0 Å². The van der Waals surface area contributed by atoms with Crippen LogP contribution in [0.25, 0.3) is 0 Å². The molecule has 118 valence electrons. The zero-order chi connectivity index (χ0) is 16.0. The number of nitrogens with two attached hydrogens (primary N) is 1. The van der Waals surface area contributed by atoms with Crippen molar-refractivity contribution in [3.05, 3.63) is 42.1 Å². The van der Waals surface area contributed by atoms with Crippen LogP contribution in [0.4, 0.5) is 17.5 Å². The third kappa shape index (κ3) is 1.98.